The first-order valence-corrected chi connectivity index (χ1v) is 7.70. The standard InChI is InChI=1S/C13H11ClFN3S2/c1-7(12-16-2-3-20-12)6-18-11-4-8(14)9(15)5-10(11)17-13(18)19/h2-5,7H,6H2,1H3,(H,17,19). The number of aromatic nitrogens is 3. The van der Waals surface area contributed by atoms with Crippen molar-refractivity contribution in [3.8, 4) is 0 Å². The zero-order chi connectivity index (χ0) is 14.3. The number of fused-ring (bicyclic) bond motifs is 1. The third-order valence-electron chi connectivity index (χ3n) is 3.15. The van der Waals surface area contributed by atoms with Crippen LogP contribution in [0.15, 0.2) is 23.7 Å². The molecule has 0 amide bonds. The molecule has 0 saturated heterocycles. The van der Waals surface area contributed by atoms with Crippen molar-refractivity contribution in [3.63, 3.8) is 0 Å². The molecule has 0 spiro atoms. The quantitative estimate of drug-likeness (QED) is 0.704. The van der Waals surface area contributed by atoms with Gasteiger partial charge in [-0.1, -0.05) is 18.5 Å². The maximum Gasteiger partial charge on any atom is 0.178 e. The molecule has 1 N–H and O–H groups in total. The smallest absolute Gasteiger partial charge is 0.178 e. The minimum Gasteiger partial charge on any atom is -0.330 e. The van der Waals surface area contributed by atoms with Crippen LogP contribution >= 0.6 is 35.2 Å². The third-order valence-corrected chi connectivity index (χ3v) is 4.76. The molecule has 3 aromatic rings. The van der Waals surface area contributed by atoms with Crippen LogP contribution in [0.25, 0.3) is 11.0 Å². The number of imidazole rings is 1. The Morgan fingerprint density at radius 3 is 3.05 bits per heavy atom. The largest absolute Gasteiger partial charge is 0.330 e. The molecule has 1 aromatic carbocycles. The molecule has 7 heteroatoms. The van der Waals surface area contributed by atoms with Crippen LogP contribution in [0.1, 0.15) is 17.8 Å². The second-order valence-electron chi connectivity index (χ2n) is 4.60. The molecule has 0 saturated carbocycles. The van der Waals surface area contributed by atoms with Gasteiger partial charge < -0.3 is 9.55 Å². The van der Waals surface area contributed by atoms with Crippen LogP contribution in [0.2, 0.25) is 5.02 Å². The van der Waals surface area contributed by atoms with Crippen molar-refractivity contribution in [2.24, 2.45) is 0 Å². The molecule has 0 aliphatic carbocycles. The number of hydrogen-bond acceptors (Lipinski definition) is 3. The summed E-state index contributed by atoms with van der Waals surface area (Å²) in [6, 6.07) is 2.98. The van der Waals surface area contributed by atoms with Crippen molar-refractivity contribution in [2.75, 3.05) is 0 Å². The fourth-order valence-electron chi connectivity index (χ4n) is 2.16. The average Bonchev–Trinajstić information content (AvgIpc) is 3.01. The summed E-state index contributed by atoms with van der Waals surface area (Å²) in [5.74, 6) is -0.222. The lowest BCUT2D eigenvalue weighted by Gasteiger charge is -2.10. The van der Waals surface area contributed by atoms with E-state index in [9.17, 15) is 4.39 Å². The third kappa shape index (κ3) is 2.39. The Labute approximate surface area is 129 Å². The highest BCUT2D eigenvalue weighted by Crippen LogP contribution is 2.26. The van der Waals surface area contributed by atoms with Gasteiger partial charge in [0.25, 0.3) is 0 Å². The van der Waals surface area contributed by atoms with Crippen LogP contribution in [0.5, 0.6) is 0 Å². The first-order chi connectivity index (χ1) is 9.56. The number of H-pyrrole nitrogens is 1. The minimum absolute atomic E-state index is 0.0992. The first kappa shape index (κ1) is 13.7. The van der Waals surface area contributed by atoms with Crippen LogP contribution in [0.3, 0.4) is 0 Å². The Balaban J connectivity index is 2.05. The number of hydrogen-bond donors (Lipinski definition) is 1. The molecule has 0 aliphatic rings. The van der Waals surface area contributed by atoms with Crippen LogP contribution < -0.4 is 0 Å². The van der Waals surface area contributed by atoms with Gasteiger partial charge in [0.1, 0.15) is 5.82 Å². The van der Waals surface area contributed by atoms with Gasteiger partial charge in [-0.3, -0.25) is 0 Å². The summed E-state index contributed by atoms with van der Waals surface area (Å²) >= 11 is 12.8. The van der Waals surface area contributed by atoms with Crippen LogP contribution in [-0.2, 0) is 6.54 Å². The molecule has 104 valence electrons. The van der Waals surface area contributed by atoms with Gasteiger partial charge in [-0.15, -0.1) is 11.3 Å². The van der Waals surface area contributed by atoms with Crippen molar-refractivity contribution in [2.45, 2.75) is 19.4 Å². The lowest BCUT2D eigenvalue weighted by atomic mass is 10.2. The molecular weight excluding hydrogens is 317 g/mol. The Hall–Kier alpha value is -1.24. The number of thiazole rings is 1. The second-order valence-corrected chi connectivity index (χ2v) is 6.32. The molecule has 1 unspecified atom stereocenters. The zero-order valence-electron chi connectivity index (χ0n) is 10.6. The number of halogens is 2. The molecule has 0 fully saturated rings. The van der Waals surface area contributed by atoms with E-state index in [1.165, 1.54) is 6.07 Å². The van der Waals surface area contributed by atoms with Crippen molar-refractivity contribution in [1.29, 1.82) is 0 Å². The predicted octanol–water partition coefficient (Wildman–Crippen LogP) is 4.75. The Morgan fingerprint density at radius 1 is 1.55 bits per heavy atom. The highest BCUT2D eigenvalue weighted by molar-refractivity contribution is 7.71. The molecule has 0 aliphatic heterocycles. The first-order valence-electron chi connectivity index (χ1n) is 6.03. The Kier molecular flexibility index (Phi) is 3.62. The summed E-state index contributed by atoms with van der Waals surface area (Å²) in [5.41, 5.74) is 1.47. The number of rotatable bonds is 3. The summed E-state index contributed by atoms with van der Waals surface area (Å²) in [7, 11) is 0. The van der Waals surface area contributed by atoms with E-state index in [4.69, 9.17) is 23.8 Å². The van der Waals surface area contributed by atoms with Crippen LogP contribution in [-0.4, -0.2) is 14.5 Å². The zero-order valence-corrected chi connectivity index (χ0v) is 12.9. The summed E-state index contributed by atoms with van der Waals surface area (Å²) in [6.45, 7) is 2.76. The fraction of sp³-hybridized carbons (Fsp3) is 0.231. The lowest BCUT2D eigenvalue weighted by molar-refractivity contribution is 0.601. The molecule has 2 heterocycles. The van der Waals surface area contributed by atoms with E-state index in [2.05, 4.69) is 16.9 Å². The monoisotopic (exact) mass is 327 g/mol. The van der Waals surface area contributed by atoms with Gasteiger partial charge in [0, 0.05) is 30.1 Å². The summed E-state index contributed by atoms with van der Waals surface area (Å²) in [4.78, 5) is 7.32. The average molecular weight is 328 g/mol. The SMILES string of the molecule is CC(Cn1c(=S)[nH]c2cc(F)c(Cl)cc21)c1nccs1. The highest BCUT2D eigenvalue weighted by atomic mass is 35.5. The molecule has 0 radical (unpaired) electrons. The van der Waals surface area contributed by atoms with E-state index in [0.29, 0.717) is 16.8 Å². The predicted molar refractivity (Wildman–Crippen MR) is 82.6 cm³/mol. The molecule has 20 heavy (non-hydrogen) atoms. The van der Waals surface area contributed by atoms with Gasteiger partial charge in [-0.25, -0.2) is 9.37 Å². The van der Waals surface area contributed by atoms with Gasteiger partial charge in [-0.2, -0.15) is 0 Å². The number of nitrogens with zero attached hydrogens (tertiary/aromatic N) is 2. The van der Waals surface area contributed by atoms with E-state index in [1.54, 1.807) is 23.6 Å². The molecule has 3 rings (SSSR count). The number of nitrogens with one attached hydrogen (secondary N) is 1. The minimum atomic E-state index is -0.449. The lowest BCUT2D eigenvalue weighted by Crippen LogP contribution is -2.06. The van der Waals surface area contributed by atoms with Crippen molar-refractivity contribution in [1.82, 2.24) is 14.5 Å². The summed E-state index contributed by atoms with van der Waals surface area (Å²) < 4.78 is 16.0. The van der Waals surface area contributed by atoms with Gasteiger partial charge in [0.2, 0.25) is 0 Å². The highest BCUT2D eigenvalue weighted by Gasteiger charge is 2.14. The maximum absolute atomic E-state index is 13.5. The van der Waals surface area contributed by atoms with Gasteiger partial charge in [0.05, 0.1) is 21.1 Å². The van der Waals surface area contributed by atoms with E-state index in [-0.39, 0.29) is 10.9 Å². The van der Waals surface area contributed by atoms with Gasteiger partial charge >= 0.3 is 0 Å². The fourth-order valence-corrected chi connectivity index (χ4v) is 3.29. The van der Waals surface area contributed by atoms with Crippen LogP contribution in [0.4, 0.5) is 4.39 Å². The number of aromatic amines is 1. The molecule has 0 bridgehead atoms. The van der Waals surface area contributed by atoms with E-state index in [0.717, 1.165) is 10.5 Å². The van der Waals surface area contributed by atoms with Crippen LogP contribution in [0, 0.1) is 10.6 Å². The van der Waals surface area contributed by atoms with Crippen molar-refractivity contribution < 1.29 is 4.39 Å². The van der Waals surface area contributed by atoms with Gasteiger partial charge in [-0.05, 0) is 18.3 Å². The molecular formula is C13H11ClFN3S2. The normalized spacial score (nSPS) is 12.9. The Morgan fingerprint density at radius 2 is 2.35 bits per heavy atom. The molecule has 3 nitrogen and oxygen atoms in total. The summed E-state index contributed by atoms with van der Waals surface area (Å²) in [5, 5.41) is 3.10. The van der Waals surface area contributed by atoms with Gasteiger partial charge in [0.15, 0.2) is 4.77 Å². The molecule has 2 aromatic heterocycles. The topological polar surface area (TPSA) is 33.6 Å². The number of benzene rings is 1. The van der Waals surface area contributed by atoms with E-state index < -0.39 is 5.82 Å². The van der Waals surface area contributed by atoms with E-state index in [1.807, 2.05) is 9.95 Å². The maximum atomic E-state index is 13.5. The van der Waals surface area contributed by atoms with Crippen molar-refractivity contribution in [3.05, 3.63) is 44.3 Å². The van der Waals surface area contributed by atoms with Crippen molar-refractivity contribution >= 4 is 46.2 Å². The second kappa shape index (κ2) is 5.27. The Bertz CT molecular complexity index is 807. The molecule has 1 atom stereocenters. The summed E-state index contributed by atoms with van der Waals surface area (Å²) in [6.07, 6.45) is 1.79. The van der Waals surface area contributed by atoms with E-state index >= 15 is 0 Å².